The van der Waals surface area contributed by atoms with Gasteiger partial charge >= 0.3 is 0 Å². The minimum absolute atomic E-state index is 0. The molecular formula is C12H25ClN2O2. The van der Waals surface area contributed by atoms with E-state index in [1.165, 1.54) is 0 Å². The number of hydrogen-bond acceptors (Lipinski definition) is 3. The van der Waals surface area contributed by atoms with Gasteiger partial charge in [0.25, 0.3) is 0 Å². The molecule has 102 valence electrons. The molecule has 1 aliphatic rings. The summed E-state index contributed by atoms with van der Waals surface area (Å²) >= 11 is 0. The Morgan fingerprint density at radius 2 is 2.00 bits per heavy atom. The number of amides is 1. The molecule has 3 N–H and O–H groups in total. The Bertz CT molecular complexity index is 219. The zero-order valence-corrected chi connectivity index (χ0v) is 11.6. The van der Waals surface area contributed by atoms with E-state index in [4.69, 9.17) is 10.5 Å². The molecule has 0 bridgehead atoms. The van der Waals surface area contributed by atoms with E-state index in [0.29, 0.717) is 5.92 Å². The highest BCUT2D eigenvalue weighted by atomic mass is 35.5. The van der Waals surface area contributed by atoms with Crippen LogP contribution < -0.4 is 11.1 Å². The van der Waals surface area contributed by atoms with Crippen LogP contribution in [-0.2, 0) is 9.53 Å². The van der Waals surface area contributed by atoms with Crippen LogP contribution in [0.2, 0.25) is 0 Å². The first-order valence-electron chi connectivity index (χ1n) is 6.22. The molecule has 0 aliphatic carbocycles. The number of halogens is 1. The predicted molar refractivity (Wildman–Crippen MR) is 71.2 cm³/mol. The first-order chi connectivity index (χ1) is 7.61. The highest BCUT2D eigenvalue weighted by molar-refractivity contribution is 5.85. The number of nitrogens with one attached hydrogen (secondary N) is 1. The quantitative estimate of drug-likeness (QED) is 0.787. The average molecular weight is 265 g/mol. The van der Waals surface area contributed by atoms with Gasteiger partial charge in [-0.15, -0.1) is 12.4 Å². The van der Waals surface area contributed by atoms with Gasteiger partial charge < -0.3 is 15.8 Å². The second-order valence-electron chi connectivity index (χ2n) is 4.91. The summed E-state index contributed by atoms with van der Waals surface area (Å²) in [4.78, 5) is 11.6. The summed E-state index contributed by atoms with van der Waals surface area (Å²) in [6.45, 7) is 6.39. The van der Waals surface area contributed by atoms with Gasteiger partial charge in [-0.25, -0.2) is 0 Å². The molecule has 0 aromatic carbocycles. The van der Waals surface area contributed by atoms with Crippen LogP contribution in [0.3, 0.4) is 0 Å². The Kier molecular flexibility index (Phi) is 8.56. The Hall–Kier alpha value is -0.320. The van der Waals surface area contributed by atoms with E-state index in [2.05, 4.69) is 5.32 Å². The number of carbonyl (C=O) groups is 1. The maximum Gasteiger partial charge on any atom is 0.237 e. The lowest BCUT2D eigenvalue weighted by Gasteiger charge is -2.22. The lowest BCUT2D eigenvalue weighted by atomic mass is 9.96. The van der Waals surface area contributed by atoms with Crippen LogP contribution in [0.15, 0.2) is 0 Å². The first-order valence-corrected chi connectivity index (χ1v) is 6.22. The molecule has 0 unspecified atom stereocenters. The zero-order valence-electron chi connectivity index (χ0n) is 10.8. The van der Waals surface area contributed by atoms with Crippen molar-refractivity contribution < 1.29 is 9.53 Å². The molecular weight excluding hydrogens is 240 g/mol. The third kappa shape index (κ3) is 6.24. The molecule has 0 radical (unpaired) electrons. The fourth-order valence-corrected chi connectivity index (χ4v) is 1.86. The number of ether oxygens (including phenoxy) is 1. The van der Waals surface area contributed by atoms with Crippen LogP contribution in [0, 0.1) is 11.8 Å². The minimum Gasteiger partial charge on any atom is -0.381 e. The van der Waals surface area contributed by atoms with Gasteiger partial charge in [0.2, 0.25) is 5.91 Å². The second-order valence-corrected chi connectivity index (χ2v) is 4.91. The molecule has 5 heteroatoms. The van der Waals surface area contributed by atoms with Crippen molar-refractivity contribution >= 4 is 18.3 Å². The Morgan fingerprint density at radius 3 is 2.53 bits per heavy atom. The molecule has 1 fully saturated rings. The SMILES string of the molecule is CC(C)[C@H](N)C(=O)NCCC1CCOCC1.Cl. The maximum absolute atomic E-state index is 11.6. The highest BCUT2D eigenvalue weighted by Gasteiger charge is 2.18. The molecule has 0 spiro atoms. The Labute approximate surface area is 110 Å². The Balaban J connectivity index is 0.00000256. The maximum atomic E-state index is 11.6. The lowest BCUT2D eigenvalue weighted by molar-refractivity contribution is -0.123. The highest BCUT2D eigenvalue weighted by Crippen LogP contribution is 2.17. The molecule has 1 amide bonds. The fraction of sp³-hybridized carbons (Fsp3) is 0.917. The Morgan fingerprint density at radius 1 is 1.41 bits per heavy atom. The minimum atomic E-state index is -0.380. The topological polar surface area (TPSA) is 64.4 Å². The molecule has 17 heavy (non-hydrogen) atoms. The van der Waals surface area contributed by atoms with Crippen molar-refractivity contribution in [3.05, 3.63) is 0 Å². The standard InChI is InChI=1S/C12H24N2O2.ClH/c1-9(2)11(13)12(15)14-6-3-10-4-7-16-8-5-10;/h9-11H,3-8,13H2,1-2H3,(H,14,15);1H/t11-;/m0./s1. The van der Waals surface area contributed by atoms with Gasteiger partial charge in [-0.3, -0.25) is 4.79 Å². The molecule has 1 aliphatic heterocycles. The summed E-state index contributed by atoms with van der Waals surface area (Å²) in [6, 6.07) is -0.380. The number of rotatable bonds is 5. The van der Waals surface area contributed by atoms with Crippen LogP contribution in [0.4, 0.5) is 0 Å². The van der Waals surface area contributed by atoms with Crippen molar-refractivity contribution in [1.82, 2.24) is 5.32 Å². The van der Waals surface area contributed by atoms with E-state index >= 15 is 0 Å². The summed E-state index contributed by atoms with van der Waals surface area (Å²) in [6.07, 6.45) is 3.28. The van der Waals surface area contributed by atoms with E-state index in [-0.39, 0.29) is 30.3 Å². The van der Waals surface area contributed by atoms with Gasteiger partial charge in [-0.2, -0.15) is 0 Å². The summed E-state index contributed by atoms with van der Waals surface area (Å²) in [5.41, 5.74) is 5.75. The van der Waals surface area contributed by atoms with Gasteiger partial charge in [-0.05, 0) is 31.1 Å². The molecule has 1 saturated heterocycles. The number of carbonyl (C=O) groups excluding carboxylic acids is 1. The fourth-order valence-electron chi connectivity index (χ4n) is 1.86. The molecule has 0 aromatic heterocycles. The van der Waals surface area contributed by atoms with Crippen molar-refractivity contribution in [3.63, 3.8) is 0 Å². The zero-order chi connectivity index (χ0) is 12.0. The molecule has 0 saturated carbocycles. The summed E-state index contributed by atoms with van der Waals surface area (Å²) in [5, 5.41) is 2.91. The molecule has 0 aromatic rings. The van der Waals surface area contributed by atoms with E-state index in [1.807, 2.05) is 13.8 Å². The van der Waals surface area contributed by atoms with E-state index in [0.717, 1.165) is 39.0 Å². The third-order valence-corrected chi connectivity index (χ3v) is 3.21. The van der Waals surface area contributed by atoms with Crippen molar-refractivity contribution in [2.24, 2.45) is 17.6 Å². The molecule has 1 heterocycles. The summed E-state index contributed by atoms with van der Waals surface area (Å²) in [7, 11) is 0. The molecule has 1 rings (SSSR count). The van der Waals surface area contributed by atoms with Crippen LogP contribution in [0.1, 0.15) is 33.1 Å². The molecule has 4 nitrogen and oxygen atoms in total. The van der Waals surface area contributed by atoms with Crippen molar-refractivity contribution in [3.8, 4) is 0 Å². The van der Waals surface area contributed by atoms with E-state index < -0.39 is 0 Å². The second kappa shape index (κ2) is 8.72. The van der Waals surface area contributed by atoms with Gasteiger partial charge in [0.1, 0.15) is 0 Å². The average Bonchev–Trinajstić information content (AvgIpc) is 2.29. The van der Waals surface area contributed by atoms with Crippen molar-refractivity contribution in [2.75, 3.05) is 19.8 Å². The first kappa shape index (κ1) is 16.7. The smallest absolute Gasteiger partial charge is 0.237 e. The van der Waals surface area contributed by atoms with Gasteiger partial charge in [0.15, 0.2) is 0 Å². The van der Waals surface area contributed by atoms with Crippen LogP contribution >= 0.6 is 12.4 Å². The number of nitrogens with two attached hydrogens (primary N) is 1. The lowest BCUT2D eigenvalue weighted by Crippen LogP contribution is -2.44. The van der Waals surface area contributed by atoms with Crippen LogP contribution in [0.5, 0.6) is 0 Å². The molecule has 1 atom stereocenters. The largest absolute Gasteiger partial charge is 0.381 e. The van der Waals surface area contributed by atoms with Gasteiger partial charge in [0.05, 0.1) is 6.04 Å². The summed E-state index contributed by atoms with van der Waals surface area (Å²) in [5.74, 6) is 0.870. The third-order valence-electron chi connectivity index (χ3n) is 3.21. The van der Waals surface area contributed by atoms with Gasteiger partial charge in [-0.1, -0.05) is 13.8 Å². The van der Waals surface area contributed by atoms with E-state index in [1.54, 1.807) is 0 Å². The normalized spacial score (nSPS) is 18.6. The van der Waals surface area contributed by atoms with Crippen molar-refractivity contribution in [2.45, 2.75) is 39.2 Å². The van der Waals surface area contributed by atoms with E-state index in [9.17, 15) is 4.79 Å². The predicted octanol–water partition coefficient (Wildman–Crippen LogP) is 1.32. The van der Waals surface area contributed by atoms with Crippen LogP contribution in [0.25, 0.3) is 0 Å². The number of hydrogen-bond donors (Lipinski definition) is 2. The summed E-state index contributed by atoms with van der Waals surface area (Å²) < 4.78 is 5.29. The van der Waals surface area contributed by atoms with Crippen molar-refractivity contribution in [1.29, 1.82) is 0 Å². The monoisotopic (exact) mass is 264 g/mol. The van der Waals surface area contributed by atoms with Gasteiger partial charge in [0, 0.05) is 19.8 Å². The van der Waals surface area contributed by atoms with Crippen LogP contribution in [-0.4, -0.2) is 31.7 Å².